The van der Waals surface area contributed by atoms with Gasteiger partial charge in [-0.3, -0.25) is 14.5 Å². The van der Waals surface area contributed by atoms with E-state index in [1.54, 1.807) is 19.3 Å². The maximum atomic E-state index is 13.7. The summed E-state index contributed by atoms with van der Waals surface area (Å²) in [5.74, 6) is -1.48. The molecule has 1 amide bonds. The molecule has 1 aliphatic rings. The fourth-order valence-electron chi connectivity index (χ4n) is 3.28. The maximum absolute atomic E-state index is 13.7. The predicted molar refractivity (Wildman–Crippen MR) is 106 cm³/mol. The number of pyridine rings is 2. The number of halogens is 2. The third-order valence-corrected chi connectivity index (χ3v) is 5.26. The number of hydrogen-bond donors (Lipinski definition) is 1. The average Bonchev–Trinajstić information content (AvgIpc) is 3.05. The number of aryl methyl sites for hydroxylation is 2. The number of nitrogens with zero attached hydrogens (tertiary/aromatic N) is 4. The van der Waals surface area contributed by atoms with Crippen molar-refractivity contribution in [2.75, 3.05) is 11.9 Å². The molecule has 0 unspecified atom stereocenters. The Bertz CT molecular complexity index is 1070. The quantitative estimate of drug-likeness (QED) is 0.663. The van der Waals surface area contributed by atoms with Crippen molar-refractivity contribution in [1.29, 1.82) is 0 Å². The number of carbonyl (C=O) groups is 1. The van der Waals surface area contributed by atoms with Gasteiger partial charge in [0.2, 0.25) is 5.88 Å². The molecule has 0 bridgehead atoms. The molecule has 3 aromatic heterocycles. The van der Waals surface area contributed by atoms with Crippen LogP contribution in [0.4, 0.5) is 14.5 Å². The van der Waals surface area contributed by atoms with Crippen molar-refractivity contribution in [1.82, 2.24) is 19.7 Å². The topological polar surface area (TPSA) is 81.9 Å². The van der Waals surface area contributed by atoms with E-state index in [1.807, 2.05) is 13.0 Å². The number of amides is 1. The van der Waals surface area contributed by atoms with Gasteiger partial charge < -0.3 is 10.1 Å². The lowest BCUT2D eigenvalue weighted by atomic mass is 9.86. The van der Waals surface area contributed by atoms with Gasteiger partial charge in [0.15, 0.2) is 17.3 Å². The molecule has 9 heteroatoms. The molecule has 1 aliphatic carbocycles. The molecular weight excluding hydrogens is 392 g/mol. The average molecular weight is 413 g/mol. The van der Waals surface area contributed by atoms with Crippen molar-refractivity contribution in [2.45, 2.75) is 26.2 Å². The largest absolute Gasteiger partial charge is 0.477 e. The Morgan fingerprint density at radius 1 is 1.23 bits per heavy atom. The molecule has 30 heavy (non-hydrogen) atoms. The Balaban J connectivity index is 1.52. The van der Waals surface area contributed by atoms with Gasteiger partial charge in [0.25, 0.3) is 5.91 Å². The monoisotopic (exact) mass is 413 g/mol. The van der Waals surface area contributed by atoms with Crippen LogP contribution >= 0.6 is 0 Å². The Morgan fingerprint density at radius 3 is 2.60 bits per heavy atom. The van der Waals surface area contributed by atoms with E-state index >= 15 is 0 Å². The third kappa shape index (κ3) is 4.00. The molecule has 0 saturated heterocycles. The van der Waals surface area contributed by atoms with Crippen molar-refractivity contribution in [2.24, 2.45) is 13.0 Å². The molecule has 1 fully saturated rings. The van der Waals surface area contributed by atoms with Crippen LogP contribution < -0.4 is 10.1 Å². The van der Waals surface area contributed by atoms with Gasteiger partial charge in [0.1, 0.15) is 5.69 Å². The minimum absolute atomic E-state index is 0.0211. The van der Waals surface area contributed by atoms with Crippen LogP contribution in [0.2, 0.25) is 0 Å². The second-order valence-electron chi connectivity index (χ2n) is 7.42. The van der Waals surface area contributed by atoms with Crippen LogP contribution in [0.1, 0.15) is 35.3 Å². The Labute approximate surface area is 172 Å². The number of ether oxygens (including phenoxy) is 1. The molecular formula is C21H21F2N5O2. The molecule has 3 heterocycles. The van der Waals surface area contributed by atoms with Gasteiger partial charge in [-0.05, 0) is 37.3 Å². The van der Waals surface area contributed by atoms with Gasteiger partial charge in [-0.25, -0.2) is 13.8 Å². The summed E-state index contributed by atoms with van der Waals surface area (Å²) in [6.07, 6.45) is 6.98. The van der Waals surface area contributed by atoms with E-state index in [0.29, 0.717) is 24.1 Å². The van der Waals surface area contributed by atoms with Crippen LogP contribution in [0.3, 0.4) is 0 Å². The minimum Gasteiger partial charge on any atom is -0.477 e. The first-order valence-electron chi connectivity index (χ1n) is 9.66. The van der Waals surface area contributed by atoms with Gasteiger partial charge in [0, 0.05) is 24.9 Å². The molecule has 0 atom stereocenters. The predicted octanol–water partition coefficient (Wildman–Crippen LogP) is 3.89. The minimum atomic E-state index is -0.961. The molecule has 3 aromatic rings. The Kier molecular flexibility index (Phi) is 5.43. The highest BCUT2D eigenvalue weighted by molar-refractivity contribution is 6.03. The highest BCUT2D eigenvalue weighted by Crippen LogP contribution is 2.29. The Morgan fingerprint density at radius 2 is 1.97 bits per heavy atom. The van der Waals surface area contributed by atoms with E-state index in [-0.39, 0.29) is 5.69 Å². The molecule has 0 radical (unpaired) electrons. The van der Waals surface area contributed by atoms with Crippen LogP contribution in [0.25, 0.3) is 11.3 Å². The van der Waals surface area contributed by atoms with Gasteiger partial charge in [-0.1, -0.05) is 6.42 Å². The van der Waals surface area contributed by atoms with E-state index < -0.39 is 23.2 Å². The van der Waals surface area contributed by atoms with Gasteiger partial charge in [0.05, 0.1) is 24.7 Å². The van der Waals surface area contributed by atoms with Crippen molar-refractivity contribution in [3.05, 3.63) is 53.6 Å². The smallest absolute Gasteiger partial charge is 0.276 e. The van der Waals surface area contributed by atoms with Crippen molar-refractivity contribution in [3.8, 4) is 17.1 Å². The summed E-state index contributed by atoms with van der Waals surface area (Å²) in [7, 11) is 1.68. The van der Waals surface area contributed by atoms with Gasteiger partial charge in [-0.2, -0.15) is 5.10 Å². The Hall–Kier alpha value is -3.36. The van der Waals surface area contributed by atoms with Crippen LogP contribution in [0.15, 0.2) is 30.7 Å². The van der Waals surface area contributed by atoms with E-state index in [2.05, 4.69) is 20.4 Å². The number of hydrogen-bond acceptors (Lipinski definition) is 5. The van der Waals surface area contributed by atoms with Crippen molar-refractivity contribution in [3.63, 3.8) is 0 Å². The first kappa shape index (κ1) is 19.9. The zero-order chi connectivity index (χ0) is 21.3. The lowest BCUT2D eigenvalue weighted by molar-refractivity contribution is 0.102. The molecule has 0 spiro atoms. The van der Waals surface area contributed by atoms with Crippen LogP contribution in [-0.2, 0) is 7.05 Å². The number of aromatic nitrogens is 4. The molecule has 156 valence electrons. The summed E-state index contributed by atoms with van der Waals surface area (Å²) in [4.78, 5) is 20.2. The summed E-state index contributed by atoms with van der Waals surface area (Å²) in [6.45, 7) is 2.59. The second kappa shape index (κ2) is 8.17. The zero-order valence-corrected chi connectivity index (χ0v) is 16.7. The van der Waals surface area contributed by atoms with E-state index in [9.17, 15) is 13.6 Å². The fourth-order valence-corrected chi connectivity index (χ4v) is 3.28. The molecule has 0 aliphatic heterocycles. The molecule has 1 saturated carbocycles. The highest BCUT2D eigenvalue weighted by Gasteiger charge is 2.20. The SMILES string of the molecule is Cc1cc(OCC2CCC2)ncc1-c1cc(C(=O)Nc2c(F)cncc2F)nn1C. The van der Waals surface area contributed by atoms with E-state index in [0.717, 1.165) is 23.5 Å². The first-order valence-corrected chi connectivity index (χ1v) is 9.66. The second-order valence-corrected chi connectivity index (χ2v) is 7.42. The standard InChI is InChI=1S/C21H21F2N5O2/c1-12-6-19(30-11-13-4-3-5-13)25-8-14(12)18-7-17(27-28(18)2)21(29)26-20-15(22)9-24-10-16(20)23/h6-10,13H,3-5,11H2,1-2H3,(H,24,26,29). The number of anilines is 1. The number of carbonyl (C=O) groups excluding carboxylic acids is 1. The maximum Gasteiger partial charge on any atom is 0.276 e. The van der Waals surface area contributed by atoms with Crippen molar-refractivity contribution < 1.29 is 18.3 Å². The van der Waals surface area contributed by atoms with Gasteiger partial charge >= 0.3 is 0 Å². The summed E-state index contributed by atoms with van der Waals surface area (Å²) < 4.78 is 34.8. The summed E-state index contributed by atoms with van der Waals surface area (Å²) in [6, 6.07) is 3.40. The number of nitrogens with one attached hydrogen (secondary N) is 1. The zero-order valence-electron chi connectivity index (χ0n) is 16.7. The molecule has 1 N–H and O–H groups in total. The first-order chi connectivity index (χ1) is 14.4. The highest BCUT2D eigenvalue weighted by atomic mass is 19.1. The van der Waals surface area contributed by atoms with Crippen LogP contribution in [0, 0.1) is 24.5 Å². The summed E-state index contributed by atoms with van der Waals surface area (Å²) in [5.41, 5.74) is 1.79. The fraction of sp³-hybridized carbons (Fsp3) is 0.333. The van der Waals surface area contributed by atoms with E-state index in [4.69, 9.17) is 4.74 Å². The normalized spacial score (nSPS) is 13.7. The number of rotatable bonds is 6. The molecule has 0 aromatic carbocycles. The third-order valence-electron chi connectivity index (χ3n) is 5.26. The molecule has 7 nitrogen and oxygen atoms in total. The summed E-state index contributed by atoms with van der Waals surface area (Å²) in [5, 5.41) is 6.38. The van der Waals surface area contributed by atoms with Crippen LogP contribution in [-0.4, -0.2) is 32.3 Å². The lowest BCUT2D eigenvalue weighted by Gasteiger charge is -2.24. The van der Waals surface area contributed by atoms with Crippen molar-refractivity contribution >= 4 is 11.6 Å². The summed E-state index contributed by atoms with van der Waals surface area (Å²) >= 11 is 0. The molecule has 4 rings (SSSR count). The van der Waals surface area contributed by atoms with Gasteiger partial charge in [-0.15, -0.1) is 0 Å². The van der Waals surface area contributed by atoms with Crippen LogP contribution in [0.5, 0.6) is 5.88 Å². The lowest BCUT2D eigenvalue weighted by Crippen LogP contribution is -2.19. The van der Waals surface area contributed by atoms with E-state index in [1.165, 1.54) is 23.9 Å².